The third-order valence-corrected chi connectivity index (χ3v) is 7.57. The van der Waals surface area contributed by atoms with Gasteiger partial charge < -0.3 is 10.2 Å². The van der Waals surface area contributed by atoms with Crippen molar-refractivity contribution in [2.24, 2.45) is 5.92 Å². The zero-order valence-corrected chi connectivity index (χ0v) is 20.8. The van der Waals surface area contributed by atoms with Gasteiger partial charge in [0.05, 0.1) is 11.4 Å². The highest BCUT2D eigenvalue weighted by atomic mass is 32.1. The molecule has 0 bridgehead atoms. The van der Waals surface area contributed by atoms with Gasteiger partial charge in [-0.15, -0.1) is 21.5 Å². The van der Waals surface area contributed by atoms with Gasteiger partial charge in [0.2, 0.25) is 5.91 Å². The van der Waals surface area contributed by atoms with E-state index in [0.717, 1.165) is 64.9 Å². The Labute approximate surface area is 213 Å². The summed E-state index contributed by atoms with van der Waals surface area (Å²) in [4.78, 5) is 20.7. The van der Waals surface area contributed by atoms with Crippen LogP contribution >= 0.6 is 11.3 Å². The van der Waals surface area contributed by atoms with Crippen LogP contribution < -0.4 is 10.2 Å². The number of aromatic nitrogens is 4. The molecule has 6 rings (SSSR count). The van der Waals surface area contributed by atoms with Crippen LogP contribution in [0.2, 0.25) is 0 Å². The van der Waals surface area contributed by atoms with Gasteiger partial charge in [-0.25, -0.2) is 4.98 Å². The maximum absolute atomic E-state index is 12.9. The second kappa shape index (κ2) is 9.54. The van der Waals surface area contributed by atoms with Crippen LogP contribution in [-0.2, 0) is 4.79 Å². The Kier molecular flexibility index (Phi) is 5.95. The second-order valence-corrected chi connectivity index (χ2v) is 10.0. The van der Waals surface area contributed by atoms with Crippen LogP contribution in [-0.4, -0.2) is 38.6 Å². The molecule has 5 aromatic rings. The number of hydrogen-bond acceptors (Lipinski definition) is 6. The van der Waals surface area contributed by atoms with E-state index in [1.807, 2.05) is 70.7 Å². The molecule has 0 radical (unpaired) electrons. The number of carbonyl (C=O) groups is 1. The number of aryl methyl sites for hydroxylation is 1. The monoisotopic (exact) mass is 494 g/mol. The van der Waals surface area contributed by atoms with Crippen molar-refractivity contribution in [2.45, 2.75) is 19.8 Å². The summed E-state index contributed by atoms with van der Waals surface area (Å²) < 4.78 is 2.02. The highest BCUT2D eigenvalue weighted by Crippen LogP contribution is 2.27. The van der Waals surface area contributed by atoms with Gasteiger partial charge in [-0.1, -0.05) is 36.4 Å². The quantitative estimate of drug-likeness (QED) is 0.340. The van der Waals surface area contributed by atoms with E-state index in [4.69, 9.17) is 0 Å². The zero-order valence-electron chi connectivity index (χ0n) is 20.0. The van der Waals surface area contributed by atoms with Crippen LogP contribution in [0.1, 0.15) is 18.4 Å². The van der Waals surface area contributed by atoms with Gasteiger partial charge in [0, 0.05) is 53.6 Å². The topological polar surface area (TPSA) is 75.4 Å². The van der Waals surface area contributed by atoms with E-state index in [1.165, 1.54) is 5.56 Å². The Balaban J connectivity index is 1.04. The largest absolute Gasteiger partial charge is 0.355 e. The lowest BCUT2D eigenvalue weighted by Crippen LogP contribution is -2.38. The molecule has 3 aromatic heterocycles. The molecule has 1 saturated heterocycles. The SMILES string of the molecule is Cc1ccccc1-c1ccc(N2CCC(C(=O)Nc3ccc(-c4cn5ccsc5n4)cc3)CC2)nn1. The number of nitrogens with one attached hydrogen (secondary N) is 1. The van der Waals surface area contributed by atoms with E-state index >= 15 is 0 Å². The first-order chi connectivity index (χ1) is 17.6. The first-order valence-electron chi connectivity index (χ1n) is 12.1. The van der Waals surface area contributed by atoms with Crippen molar-refractivity contribution in [1.29, 1.82) is 0 Å². The Morgan fingerprint density at radius 3 is 2.50 bits per heavy atom. The molecule has 1 fully saturated rings. The lowest BCUT2D eigenvalue weighted by atomic mass is 9.95. The molecular formula is C28H26N6OS. The fourth-order valence-electron chi connectivity index (χ4n) is 4.70. The van der Waals surface area contributed by atoms with Crippen molar-refractivity contribution < 1.29 is 4.79 Å². The molecule has 7 nitrogen and oxygen atoms in total. The maximum Gasteiger partial charge on any atom is 0.227 e. The number of fused-ring (bicyclic) bond motifs is 1. The first kappa shape index (κ1) is 22.4. The second-order valence-electron chi connectivity index (χ2n) is 9.14. The number of hydrogen-bond donors (Lipinski definition) is 1. The molecule has 1 amide bonds. The van der Waals surface area contributed by atoms with Gasteiger partial charge >= 0.3 is 0 Å². The fourth-order valence-corrected chi connectivity index (χ4v) is 5.40. The van der Waals surface area contributed by atoms with Crippen LogP contribution in [0.3, 0.4) is 0 Å². The number of rotatable bonds is 5. The van der Waals surface area contributed by atoms with E-state index in [-0.39, 0.29) is 11.8 Å². The Hall–Kier alpha value is -4.04. The number of piperidine rings is 1. The first-order valence-corrected chi connectivity index (χ1v) is 13.0. The van der Waals surface area contributed by atoms with Gasteiger partial charge in [0.25, 0.3) is 0 Å². The van der Waals surface area contributed by atoms with Gasteiger partial charge in [0.15, 0.2) is 10.8 Å². The molecule has 0 aliphatic carbocycles. The van der Waals surface area contributed by atoms with Crippen molar-refractivity contribution in [3.05, 3.63) is 84.0 Å². The standard InChI is InChI=1S/C28H26N6OS/c1-19-4-2-3-5-23(19)24-10-11-26(32-31-24)33-14-12-21(13-15-33)27(35)29-22-8-6-20(7-9-22)25-18-34-16-17-36-28(34)30-25/h2-11,16-18,21H,12-15H2,1H3,(H,29,35). The minimum Gasteiger partial charge on any atom is -0.355 e. The summed E-state index contributed by atoms with van der Waals surface area (Å²) in [6.07, 6.45) is 5.60. The molecule has 0 atom stereocenters. The summed E-state index contributed by atoms with van der Waals surface area (Å²) in [5.74, 6) is 0.923. The predicted molar refractivity (Wildman–Crippen MR) is 144 cm³/mol. The van der Waals surface area contributed by atoms with Crippen LogP contribution in [0.15, 0.2) is 78.4 Å². The molecule has 0 unspecified atom stereocenters. The summed E-state index contributed by atoms with van der Waals surface area (Å²) in [7, 11) is 0. The minimum absolute atomic E-state index is 0.0138. The molecule has 1 aliphatic rings. The normalized spacial score (nSPS) is 14.3. The Morgan fingerprint density at radius 2 is 1.78 bits per heavy atom. The highest BCUT2D eigenvalue weighted by Gasteiger charge is 2.26. The summed E-state index contributed by atoms with van der Waals surface area (Å²) in [6, 6.07) is 20.1. The number of carbonyl (C=O) groups excluding carboxylic acids is 1. The van der Waals surface area contributed by atoms with Crippen molar-refractivity contribution in [3.8, 4) is 22.5 Å². The van der Waals surface area contributed by atoms with Crippen LogP contribution in [0, 0.1) is 12.8 Å². The fraction of sp³-hybridized carbons (Fsp3) is 0.214. The number of benzene rings is 2. The molecule has 2 aromatic carbocycles. The third-order valence-electron chi connectivity index (χ3n) is 6.80. The molecule has 1 N–H and O–H groups in total. The minimum atomic E-state index is -0.0138. The molecule has 8 heteroatoms. The average Bonchev–Trinajstić information content (AvgIpc) is 3.53. The van der Waals surface area contributed by atoms with E-state index in [2.05, 4.69) is 44.5 Å². The predicted octanol–water partition coefficient (Wildman–Crippen LogP) is 5.68. The maximum atomic E-state index is 12.9. The van der Waals surface area contributed by atoms with E-state index in [0.29, 0.717) is 0 Å². The van der Waals surface area contributed by atoms with Gasteiger partial charge in [-0.05, 0) is 49.6 Å². The van der Waals surface area contributed by atoms with E-state index in [9.17, 15) is 4.79 Å². The molecule has 0 saturated carbocycles. The summed E-state index contributed by atoms with van der Waals surface area (Å²) in [5.41, 5.74) is 5.94. The lowest BCUT2D eigenvalue weighted by molar-refractivity contribution is -0.120. The van der Waals surface area contributed by atoms with Crippen molar-refractivity contribution in [1.82, 2.24) is 19.6 Å². The van der Waals surface area contributed by atoms with Crippen LogP contribution in [0.4, 0.5) is 11.5 Å². The number of amides is 1. The molecular weight excluding hydrogens is 468 g/mol. The van der Waals surface area contributed by atoms with Crippen molar-refractivity contribution in [2.75, 3.05) is 23.3 Å². The molecule has 0 spiro atoms. The van der Waals surface area contributed by atoms with E-state index in [1.54, 1.807) is 11.3 Å². The number of imidazole rings is 1. The van der Waals surface area contributed by atoms with Gasteiger partial charge in [-0.2, -0.15) is 0 Å². The Morgan fingerprint density at radius 1 is 0.972 bits per heavy atom. The van der Waals surface area contributed by atoms with Gasteiger partial charge in [0.1, 0.15) is 0 Å². The molecule has 1 aliphatic heterocycles. The summed E-state index contributed by atoms with van der Waals surface area (Å²) in [6.45, 7) is 3.65. The lowest BCUT2D eigenvalue weighted by Gasteiger charge is -2.31. The number of anilines is 2. The van der Waals surface area contributed by atoms with Crippen LogP contribution in [0.25, 0.3) is 27.5 Å². The number of thiazole rings is 1. The summed E-state index contributed by atoms with van der Waals surface area (Å²) >= 11 is 1.61. The smallest absolute Gasteiger partial charge is 0.227 e. The molecule has 180 valence electrons. The molecule has 4 heterocycles. The van der Waals surface area contributed by atoms with Crippen LogP contribution in [0.5, 0.6) is 0 Å². The van der Waals surface area contributed by atoms with Gasteiger partial charge in [-0.3, -0.25) is 9.20 Å². The van der Waals surface area contributed by atoms with E-state index < -0.39 is 0 Å². The zero-order chi connectivity index (χ0) is 24.5. The average molecular weight is 495 g/mol. The van der Waals surface area contributed by atoms with Crippen molar-refractivity contribution in [3.63, 3.8) is 0 Å². The number of nitrogens with zero attached hydrogens (tertiary/aromatic N) is 5. The van der Waals surface area contributed by atoms with Crippen molar-refractivity contribution >= 4 is 33.7 Å². The third kappa shape index (κ3) is 4.47. The Bertz CT molecular complexity index is 1470. The summed E-state index contributed by atoms with van der Waals surface area (Å²) in [5, 5.41) is 14.0. The molecule has 36 heavy (non-hydrogen) atoms. The highest BCUT2D eigenvalue weighted by molar-refractivity contribution is 7.15.